The maximum absolute atomic E-state index is 3.87. The molecule has 0 saturated heterocycles. The van der Waals surface area contributed by atoms with Crippen LogP contribution in [-0.4, -0.2) is 20.6 Å². The molecular weight excluding hydrogens is 184 g/mol. The van der Waals surface area contributed by atoms with E-state index in [4.69, 9.17) is 0 Å². The van der Waals surface area contributed by atoms with Crippen LogP contribution in [0.1, 0.15) is 12.5 Å². The Hall–Kier alpha value is -1.44. The van der Waals surface area contributed by atoms with Gasteiger partial charge in [0.1, 0.15) is 0 Å². The second-order valence-electron chi connectivity index (χ2n) is 4.21. The summed E-state index contributed by atoms with van der Waals surface area (Å²) in [5.41, 5.74) is 4.83. The summed E-state index contributed by atoms with van der Waals surface area (Å²) >= 11 is 0. The molecule has 0 aromatic heterocycles. The maximum Gasteiger partial charge on any atom is 0.0411 e. The minimum absolute atomic E-state index is 0.829. The highest BCUT2D eigenvalue weighted by atomic mass is 15.1. The van der Waals surface area contributed by atoms with Crippen molar-refractivity contribution >= 4 is 11.4 Å². The monoisotopic (exact) mass is 204 g/mol. The van der Waals surface area contributed by atoms with Gasteiger partial charge in [0, 0.05) is 32.0 Å². The second-order valence-corrected chi connectivity index (χ2v) is 4.21. The number of anilines is 2. The molecule has 0 saturated carbocycles. The fraction of sp³-hybridized carbons (Fsp3) is 0.385. The van der Waals surface area contributed by atoms with Crippen LogP contribution in [0.4, 0.5) is 11.4 Å². The molecule has 0 aliphatic rings. The first-order valence-electron chi connectivity index (χ1n) is 5.17. The van der Waals surface area contributed by atoms with Gasteiger partial charge >= 0.3 is 0 Å². The van der Waals surface area contributed by atoms with E-state index in [9.17, 15) is 0 Å². The molecule has 2 heteroatoms. The predicted octanol–water partition coefficient (Wildman–Crippen LogP) is 3.05. The van der Waals surface area contributed by atoms with E-state index in [1.165, 1.54) is 11.3 Å². The molecule has 0 aliphatic heterocycles. The van der Waals surface area contributed by atoms with E-state index in [2.05, 4.69) is 56.0 Å². The normalized spacial score (nSPS) is 9.87. The lowest BCUT2D eigenvalue weighted by atomic mass is 10.1. The largest absolute Gasteiger partial charge is 0.381 e. The molecule has 0 atom stereocenters. The molecule has 0 heterocycles. The van der Waals surface area contributed by atoms with E-state index in [-0.39, 0.29) is 0 Å². The Labute approximate surface area is 92.6 Å². The first-order chi connectivity index (χ1) is 7.00. The summed E-state index contributed by atoms with van der Waals surface area (Å²) in [5.74, 6) is 0. The molecular formula is C13H20N2. The van der Waals surface area contributed by atoms with Crippen molar-refractivity contribution in [2.75, 3.05) is 30.9 Å². The predicted molar refractivity (Wildman–Crippen MR) is 68.8 cm³/mol. The first-order valence-corrected chi connectivity index (χ1v) is 5.17. The summed E-state index contributed by atoms with van der Waals surface area (Å²) in [7, 11) is 4.12. The van der Waals surface area contributed by atoms with Crippen molar-refractivity contribution in [3.05, 3.63) is 35.9 Å². The lowest BCUT2D eigenvalue weighted by Crippen LogP contribution is -2.11. The number of hydrogen-bond acceptors (Lipinski definition) is 2. The van der Waals surface area contributed by atoms with Gasteiger partial charge in [-0.2, -0.15) is 0 Å². The van der Waals surface area contributed by atoms with Crippen LogP contribution in [0, 0.1) is 6.92 Å². The van der Waals surface area contributed by atoms with Gasteiger partial charge in [0.25, 0.3) is 0 Å². The number of nitrogens with zero attached hydrogens (tertiary/aromatic N) is 1. The number of hydrogen-bond donors (Lipinski definition) is 1. The van der Waals surface area contributed by atoms with E-state index in [1.54, 1.807) is 0 Å². The fourth-order valence-corrected chi connectivity index (χ4v) is 1.45. The number of aryl methyl sites for hydroxylation is 1. The van der Waals surface area contributed by atoms with Crippen molar-refractivity contribution in [3.8, 4) is 0 Å². The average molecular weight is 204 g/mol. The third kappa shape index (κ3) is 3.31. The van der Waals surface area contributed by atoms with E-state index in [1.807, 2.05) is 6.92 Å². The van der Waals surface area contributed by atoms with Crippen LogP contribution in [0.3, 0.4) is 0 Å². The lowest BCUT2D eigenvalue weighted by molar-refractivity contribution is 1.11. The quantitative estimate of drug-likeness (QED) is 0.758. The van der Waals surface area contributed by atoms with Gasteiger partial charge in [-0.05, 0) is 31.5 Å². The smallest absolute Gasteiger partial charge is 0.0411 e. The Bertz CT molecular complexity index is 354. The first kappa shape index (κ1) is 11.6. The number of benzene rings is 1. The lowest BCUT2D eigenvalue weighted by Gasteiger charge is -2.17. The number of nitrogens with one attached hydrogen (secondary N) is 1. The highest BCUT2D eigenvalue weighted by molar-refractivity contribution is 5.62. The van der Waals surface area contributed by atoms with Gasteiger partial charge in [-0.1, -0.05) is 18.2 Å². The van der Waals surface area contributed by atoms with Crippen LogP contribution in [-0.2, 0) is 0 Å². The Kier molecular flexibility index (Phi) is 3.78. The van der Waals surface area contributed by atoms with E-state index >= 15 is 0 Å². The Morgan fingerprint density at radius 1 is 1.40 bits per heavy atom. The molecule has 0 bridgehead atoms. The fourth-order valence-electron chi connectivity index (χ4n) is 1.45. The molecule has 0 amide bonds. The topological polar surface area (TPSA) is 15.3 Å². The van der Waals surface area contributed by atoms with Gasteiger partial charge in [0.2, 0.25) is 0 Å². The molecule has 0 fully saturated rings. The maximum atomic E-state index is 3.87. The molecule has 0 aliphatic carbocycles. The van der Waals surface area contributed by atoms with Crippen LogP contribution < -0.4 is 10.2 Å². The summed E-state index contributed by atoms with van der Waals surface area (Å²) in [6, 6.07) is 6.40. The van der Waals surface area contributed by atoms with Crippen molar-refractivity contribution in [2.45, 2.75) is 13.8 Å². The minimum atomic E-state index is 0.829. The van der Waals surface area contributed by atoms with Crippen molar-refractivity contribution in [3.63, 3.8) is 0 Å². The van der Waals surface area contributed by atoms with E-state index < -0.39 is 0 Å². The summed E-state index contributed by atoms with van der Waals surface area (Å²) in [6.07, 6.45) is 0. The molecule has 1 aromatic rings. The van der Waals surface area contributed by atoms with Crippen molar-refractivity contribution in [1.29, 1.82) is 0 Å². The molecule has 1 rings (SSSR count). The van der Waals surface area contributed by atoms with E-state index in [0.717, 1.165) is 17.8 Å². The SMILES string of the molecule is C=C(C)CNc1ccc(C)c(N(C)C)c1. The highest BCUT2D eigenvalue weighted by Gasteiger charge is 2.01. The zero-order chi connectivity index (χ0) is 11.4. The molecule has 1 aromatic carbocycles. The summed E-state index contributed by atoms with van der Waals surface area (Å²) < 4.78 is 0. The second kappa shape index (κ2) is 4.87. The Morgan fingerprint density at radius 3 is 2.60 bits per heavy atom. The third-order valence-corrected chi connectivity index (χ3v) is 2.29. The molecule has 1 N–H and O–H groups in total. The zero-order valence-corrected chi connectivity index (χ0v) is 10.1. The van der Waals surface area contributed by atoms with Gasteiger partial charge in [0.15, 0.2) is 0 Å². The minimum Gasteiger partial charge on any atom is -0.381 e. The molecule has 82 valence electrons. The molecule has 0 unspecified atom stereocenters. The van der Waals surface area contributed by atoms with Crippen LogP contribution >= 0.6 is 0 Å². The van der Waals surface area contributed by atoms with Crippen LogP contribution in [0.15, 0.2) is 30.4 Å². The van der Waals surface area contributed by atoms with Gasteiger partial charge in [0.05, 0.1) is 0 Å². The molecule has 0 radical (unpaired) electrons. The summed E-state index contributed by atoms with van der Waals surface area (Å²) in [4.78, 5) is 2.13. The van der Waals surface area contributed by atoms with Gasteiger partial charge in [-0.3, -0.25) is 0 Å². The van der Waals surface area contributed by atoms with Gasteiger partial charge in [-0.25, -0.2) is 0 Å². The zero-order valence-electron chi connectivity index (χ0n) is 10.1. The molecule has 15 heavy (non-hydrogen) atoms. The molecule has 0 spiro atoms. The number of rotatable bonds is 4. The van der Waals surface area contributed by atoms with Crippen molar-refractivity contribution in [1.82, 2.24) is 0 Å². The van der Waals surface area contributed by atoms with Crippen molar-refractivity contribution in [2.24, 2.45) is 0 Å². The average Bonchev–Trinajstić information content (AvgIpc) is 2.16. The van der Waals surface area contributed by atoms with Gasteiger partial charge in [-0.15, -0.1) is 0 Å². The van der Waals surface area contributed by atoms with Crippen molar-refractivity contribution < 1.29 is 0 Å². The standard InChI is InChI=1S/C13H20N2/c1-10(2)9-14-12-7-6-11(3)13(8-12)15(4)5/h6-8,14H,1,9H2,2-5H3. The van der Waals surface area contributed by atoms with Gasteiger partial charge < -0.3 is 10.2 Å². The van der Waals surface area contributed by atoms with E-state index in [0.29, 0.717) is 0 Å². The Balaban J connectivity index is 2.83. The van der Waals surface area contributed by atoms with Crippen LogP contribution in [0.5, 0.6) is 0 Å². The van der Waals surface area contributed by atoms with Crippen LogP contribution in [0.2, 0.25) is 0 Å². The third-order valence-electron chi connectivity index (χ3n) is 2.29. The van der Waals surface area contributed by atoms with Crippen LogP contribution in [0.25, 0.3) is 0 Å². The summed E-state index contributed by atoms with van der Waals surface area (Å²) in [5, 5.41) is 3.34. The summed E-state index contributed by atoms with van der Waals surface area (Å²) in [6.45, 7) is 8.85. The molecule has 2 nitrogen and oxygen atoms in total. The highest BCUT2D eigenvalue weighted by Crippen LogP contribution is 2.22. The Morgan fingerprint density at radius 2 is 2.07 bits per heavy atom.